The molecule has 0 radical (unpaired) electrons. The number of fused-ring (bicyclic) bond motifs is 2. The third-order valence-electron chi connectivity index (χ3n) is 5.50. The zero-order valence-electron chi connectivity index (χ0n) is 15.4. The Balaban J connectivity index is 1.84. The zero-order chi connectivity index (χ0) is 20.9. The van der Waals surface area contributed by atoms with Crippen LogP contribution in [0.3, 0.4) is 0 Å². The van der Waals surface area contributed by atoms with Crippen LogP contribution in [-0.2, 0) is 11.2 Å². The molecular formula is C18H18F3N5O3. The molecule has 2 N–H and O–H groups in total. The van der Waals surface area contributed by atoms with Gasteiger partial charge in [0.1, 0.15) is 18.2 Å². The summed E-state index contributed by atoms with van der Waals surface area (Å²) in [4.78, 5) is 26.3. The molecule has 0 fully saturated rings. The van der Waals surface area contributed by atoms with Crippen LogP contribution in [-0.4, -0.2) is 46.4 Å². The first-order valence-electron chi connectivity index (χ1n) is 9.00. The summed E-state index contributed by atoms with van der Waals surface area (Å²) in [6, 6.07) is 5.26. The number of hydrogen-bond donors (Lipinski definition) is 1. The molecule has 0 saturated carbocycles. The topological polar surface area (TPSA) is 103 Å². The number of carbonyl (C=O) groups is 2. The normalized spacial score (nSPS) is 24.3. The predicted molar refractivity (Wildman–Crippen MR) is 94.3 cm³/mol. The lowest BCUT2D eigenvalue weighted by Crippen LogP contribution is -2.48. The lowest BCUT2D eigenvalue weighted by Gasteiger charge is -2.38. The summed E-state index contributed by atoms with van der Waals surface area (Å²) in [5, 5.41) is 7.50. The van der Waals surface area contributed by atoms with Gasteiger partial charge in [-0.25, -0.2) is 0 Å². The SMILES string of the molecule is CN1C(=O)[C@@H](C2C(C(F)(F)F)CCc3nnc(C(N)=O)n32)COc2ccccc21. The molecule has 29 heavy (non-hydrogen) atoms. The second-order valence-electron chi connectivity index (χ2n) is 7.13. The van der Waals surface area contributed by atoms with E-state index in [9.17, 15) is 22.8 Å². The number of anilines is 1. The van der Waals surface area contributed by atoms with Crippen molar-refractivity contribution in [2.24, 2.45) is 17.6 Å². The van der Waals surface area contributed by atoms with E-state index in [0.717, 1.165) is 4.57 Å². The molecule has 2 aromatic rings. The second kappa shape index (κ2) is 6.75. The third kappa shape index (κ3) is 3.10. The third-order valence-corrected chi connectivity index (χ3v) is 5.50. The number of aryl methyl sites for hydroxylation is 1. The van der Waals surface area contributed by atoms with E-state index in [0.29, 0.717) is 11.4 Å². The predicted octanol–water partition coefficient (Wildman–Crippen LogP) is 1.71. The molecule has 1 aromatic carbocycles. The van der Waals surface area contributed by atoms with Gasteiger partial charge in [-0.1, -0.05) is 12.1 Å². The van der Waals surface area contributed by atoms with Gasteiger partial charge in [0, 0.05) is 13.5 Å². The van der Waals surface area contributed by atoms with Crippen molar-refractivity contribution in [1.82, 2.24) is 14.8 Å². The van der Waals surface area contributed by atoms with Crippen molar-refractivity contribution >= 4 is 17.5 Å². The van der Waals surface area contributed by atoms with E-state index in [2.05, 4.69) is 10.2 Å². The Bertz CT molecular complexity index is 974. The molecule has 0 saturated heterocycles. The summed E-state index contributed by atoms with van der Waals surface area (Å²) < 4.78 is 48.6. The molecule has 2 aliphatic heterocycles. The summed E-state index contributed by atoms with van der Waals surface area (Å²) >= 11 is 0. The summed E-state index contributed by atoms with van der Waals surface area (Å²) in [6.07, 6.45) is -4.90. The fraction of sp³-hybridized carbons (Fsp3) is 0.444. The van der Waals surface area contributed by atoms with Gasteiger partial charge in [0.15, 0.2) is 0 Å². The van der Waals surface area contributed by atoms with Crippen LogP contribution < -0.4 is 15.4 Å². The first kappa shape index (κ1) is 19.2. The number of alkyl halides is 3. The molecule has 0 spiro atoms. The highest BCUT2D eigenvalue weighted by atomic mass is 19.4. The van der Waals surface area contributed by atoms with Crippen LogP contribution in [0.25, 0.3) is 0 Å². The highest BCUT2D eigenvalue weighted by molar-refractivity contribution is 5.97. The van der Waals surface area contributed by atoms with Crippen molar-refractivity contribution in [3.63, 3.8) is 0 Å². The number of hydrogen-bond acceptors (Lipinski definition) is 5. The van der Waals surface area contributed by atoms with Crippen LogP contribution >= 0.6 is 0 Å². The molecule has 0 bridgehead atoms. The van der Waals surface area contributed by atoms with Crippen LogP contribution in [0, 0.1) is 11.8 Å². The maximum atomic E-state index is 13.9. The molecule has 8 nitrogen and oxygen atoms in total. The molecule has 2 unspecified atom stereocenters. The van der Waals surface area contributed by atoms with E-state index in [1.54, 1.807) is 24.3 Å². The average molecular weight is 409 g/mol. The first-order valence-corrected chi connectivity index (χ1v) is 9.00. The van der Waals surface area contributed by atoms with Crippen molar-refractivity contribution in [2.45, 2.75) is 25.1 Å². The van der Waals surface area contributed by atoms with Crippen molar-refractivity contribution < 1.29 is 27.5 Å². The number of halogens is 3. The van der Waals surface area contributed by atoms with E-state index in [-0.39, 0.29) is 25.3 Å². The quantitative estimate of drug-likeness (QED) is 0.814. The number of para-hydroxylation sites is 2. The van der Waals surface area contributed by atoms with Crippen molar-refractivity contribution in [1.29, 1.82) is 0 Å². The Morgan fingerprint density at radius 3 is 2.69 bits per heavy atom. The molecule has 154 valence electrons. The number of amides is 2. The van der Waals surface area contributed by atoms with Gasteiger partial charge in [-0.05, 0) is 18.6 Å². The Morgan fingerprint density at radius 1 is 1.28 bits per heavy atom. The number of nitrogens with zero attached hydrogens (tertiary/aromatic N) is 4. The Labute approximate surface area is 163 Å². The largest absolute Gasteiger partial charge is 0.490 e. The fourth-order valence-electron chi connectivity index (χ4n) is 4.15. The molecule has 11 heteroatoms. The Kier molecular flexibility index (Phi) is 4.47. The van der Waals surface area contributed by atoms with Gasteiger partial charge in [-0.3, -0.25) is 9.59 Å². The number of nitrogens with two attached hydrogens (primary N) is 1. The van der Waals surface area contributed by atoms with Crippen LogP contribution in [0.4, 0.5) is 18.9 Å². The molecule has 3 atom stereocenters. The molecule has 3 heterocycles. The van der Waals surface area contributed by atoms with Gasteiger partial charge >= 0.3 is 6.18 Å². The van der Waals surface area contributed by atoms with E-state index in [1.807, 2.05) is 0 Å². The molecule has 2 aliphatic rings. The molecule has 1 aromatic heterocycles. The Morgan fingerprint density at radius 2 is 2.00 bits per heavy atom. The minimum Gasteiger partial charge on any atom is -0.490 e. The van der Waals surface area contributed by atoms with Gasteiger partial charge in [-0.2, -0.15) is 13.2 Å². The van der Waals surface area contributed by atoms with Gasteiger partial charge in [0.05, 0.1) is 23.6 Å². The summed E-state index contributed by atoms with van der Waals surface area (Å²) in [5.74, 6) is -4.45. The highest BCUT2D eigenvalue weighted by Crippen LogP contribution is 2.47. The molecule has 4 rings (SSSR count). The summed E-state index contributed by atoms with van der Waals surface area (Å²) in [7, 11) is 1.48. The van der Waals surface area contributed by atoms with Crippen molar-refractivity contribution in [3.05, 3.63) is 35.9 Å². The van der Waals surface area contributed by atoms with Gasteiger partial charge in [-0.15, -0.1) is 10.2 Å². The summed E-state index contributed by atoms with van der Waals surface area (Å²) in [6.45, 7) is -0.284. The van der Waals surface area contributed by atoms with E-state index >= 15 is 0 Å². The number of benzene rings is 1. The molecule has 2 amide bonds. The second-order valence-corrected chi connectivity index (χ2v) is 7.13. The fourth-order valence-corrected chi connectivity index (χ4v) is 4.15. The van der Waals surface area contributed by atoms with Crippen LogP contribution in [0.15, 0.2) is 24.3 Å². The lowest BCUT2D eigenvalue weighted by atomic mass is 9.81. The number of aromatic nitrogens is 3. The average Bonchev–Trinajstić information content (AvgIpc) is 3.06. The van der Waals surface area contributed by atoms with Crippen LogP contribution in [0.2, 0.25) is 0 Å². The molecule has 0 aliphatic carbocycles. The Hall–Kier alpha value is -3.11. The number of primary amides is 1. The van der Waals surface area contributed by atoms with E-state index in [1.165, 1.54) is 11.9 Å². The molecular weight excluding hydrogens is 391 g/mol. The number of ether oxygens (including phenoxy) is 1. The smallest absolute Gasteiger partial charge is 0.393 e. The first-order chi connectivity index (χ1) is 13.7. The number of rotatable bonds is 2. The maximum absolute atomic E-state index is 13.9. The standard InChI is InChI=1S/C18H18F3N5O3/c1-25-11-4-2-3-5-12(11)29-8-9(17(25)28)14-10(18(19,20)21)6-7-13-23-24-16(15(22)27)26(13)14/h2-5,9-10,14H,6-8H2,1H3,(H2,22,27)/t9-,10?,14?/m1/s1. The van der Waals surface area contributed by atoms with Crippen molar-refractivity contribution in [3.8, 4) is 5.75 Å². The zero-order valence-corrected chi connectivity index (χ0v) is 15.4. The van der Waals surface area contributed by atoms with Crippen LogP contribution in [0.1, 0.15) is 28.9 Å². The van der Waals surface area contributed by atoms with Gasteiger partial charge < -0.3 is 19.9 Å². The van der Waals surface area contributed by atoms with E-state index in [4.69, 9.17) is 10.5 Å². The highest BCUT2D eigenvalue weighted by Gasteiger charge is 2.54. The number of carbonyl (C=O) groups excluding carboxylic acids is 2. The van der Waals surface area contributed by atoms with E-state index < -0.39 is 41.7 Å². The monoisotopic (exact) mass is 409 g/mol. The van der Waals surface area contributed by atoms with Crippen LogP contribution in [0.5, 0.6) is 5.75 Å². The maximum Gasteiger partial charge on any atom is 0.393 e. The minimum absolute atomic E-state index is 0.0290. The van der Waals surface area contributed by atoms with Gasteiger partial charge in [0.25, 0.3) is 5.91 Å². The lowest BCUT2D eigenvalue weighted by molar-refractivity contribution is -0.197. The van der Waals surface area contributed by atoms with Crippen molar-refractivity contribution in [2.75, 3.05) is 18.6 Å². The van der Waals surface area contributed by atoms with Gasteiger partial charge in [0.2, 0.25) is 11.7 Å². The minimum atomic E-state index is -4.60. The summed E-state index contributed by atoms with van der Waals surface area (Å²) in [5.41, 5.74) is 5.78.